The molecule has 0 amide bonds. The summed E-state index contributed by atoms with van der Waals surface area (Å²) >= 11 is 5.31. The van der Waals surface area contributed by atoms with Gasteiger partial charge in [0, 0.05) is 13.1 Å². The van der Waals surface area contributed by atoms with Crippen molar-refractivity contribution in [2.75, 3.05) is 13.1 Å². The van der Waals surface area contributed by atoms with Crippen LogP contribution in [0.4, 0.5) is 0 Å². The third-order valence-electron chi connectivity index (χ3n) is 3.76. The molecule has 114 valence electrons. The van der Waals surface area contributed by atoms with Crippen LogP contribution in [0.3, 0.4) is 0 Å². The monoisotopic (exact) mass is 310 g/mol. The second-order valence-electron chi connectivity index (χ2n) is 5.43. The molecular weight excluding hydrogens is 292 g/mol. The Bertz CT molecular complexity index is 538. The number of hydrogen-bond donors (Lipinski definition) is 1. The van der Waals surface area contributed by atoms with Crippen LogP contribution in [0.5, 0.6) is 6.01 Å². The van der Waals surface area contributed by atoms with E-state index in [-0.39, 0.29) is 29.6 Å². The van der Waals surface area contributed by atoms with Crippen LogP contribution >= 0.6 is 12.2 Å². The fourth-order valence-corrected chi connectivity index (χ4v) is 2.70. The van der Waals surface area contributed by atoms with Gasteiger partial charge in [-0.2, -0.15) is 4.68 Å². The molecule has 0 radical (unpaired) electrons. The van der Waals surface area contributed by atoms with Crippen molar-refractivity contribution in [2.45, 2.75) is 37.8 Å². The minimum absolute atomic E-state index is 0.0504. The van der Waals surface area contributed by atoms with Crippen LogP contribution in [0.2, 0.25) is 0 Å². The Morgan fingerprint density at radius 2 is 2.33 bits per heavy atom. The van der Waals surface area contributed by atoms with Crippen LogP contribution in [0.15, 0.2) is 0 Å². The van der Waals surface area contributed by atoms with Gasteiger partial charge in [-0.1, -0.05) is 5.10 Å². The maximum absolute atomic E-state index is 12.3. The summed E-state index contributed by atoms with van der Waals surface area (Å²) < 4.78 is 6.92. The fraction of sp³-hybridized carbons (Fsp3) is 0.750. The molecule has 2 aliphatic rings. The van der Waals surface area contributed by atoms with Gasteiger partial charge in [-0.25, -0.2) is 0 Å². The molecular formula is C12H18N6O2S. The van der Waals surface area contributed by atoms with Crippen LogP contribution < -0.4 is 10.1 Å². The van der Waals surface area contributed by atoms with E-state index in [4.69, 9.17) is 17.0 Å². The number of carbonyl (C=O) groups is 1. The molecule has 1 atom stereocenters. The molecule has 1 aromatic rings. The minimum atomic E-state index is -0.0504. The number of thiocarbonyl (C=S) groups is 1. The van der Waals surface area contributed by atoms with Crippen molar-refractivity contribution in [3.63, 3.8) is 0 Å². The van der Waals surface area contributed by atoms with Crippen LogP contribution in [0.1, 0.15) is 25.7 Å². The Balaban J connectivity index is 1.62. The number of tetrazole rings is 1. The van der Waals surface area contributed by atoms with Gasteiger partial charge in [0.05, 0.1) is 12.6 Å². The molecule has 2 heterocycles. The zero-order valence-electron chi connectivity index (χ0n) is 11.9. The highest BCUT2D eigenvalue weighted by molar-refractivity contribution is 7.80. The van der Waals surface area contributed by atoms with E-state index in [0.29, 0.717) is 6.04 Å². The van der Waals surface area contributed by atoms with Gasteiger partial charge in [-0.3, -0.25) is 4.79 Å². The molecule has 1 aliphatic heterocycles. The van der Waals surface area contributed by atoms with Gasteiger partial charge in [0.2, 0.25) is 0 Å². The number of rotatable bonds is 5. The molecule has 1 N–H and O–H groups in total. The molecule has 0 aromatic carbocycles. The van der Waals surface area contributed by atoms with Crippen LogP contribution in [0, 0.1) is 0 Å². The first-order chi connectivity index (χ1) is 10.1. The summed E-state index contributed by atoms with van der Waals surface area (Å²) in [5, 5.41) is 14.4. The lowest BCUT2D eigenvalue weighted by molar-refractivity contribution is -0.121. The lowest BCUT2D eigenvalue weighted by atomic mass is 10.1. The maximum Gasteiger partial charge on any atom is 0.342 e. The van der Waals surface area contributed by atoms with Crippen molar-refractivity contribution < 1.29 is 9.53 Å². The largest absolute Gasteiger partial charge is 0.396 e. The molecule has 3 rings (SSSR count). The molecule has 0 spiro atoms. The Labute approximate surface area is 127 Å². The van der Waals surface area contributed by atoms with Gasteiger partial charge < -0.3 is 15.0 Å². The first-order valence-corrected chi connectivity index (χ1v) is 7.53. The van der Waals surface area contributed by atoms with Gasteiger partial charge in [0.1, 0.15) is 0 Å². The molecule has 1 saturated heterocycles. The summed E-state index contributed by atoms with van der Waals surface area (Å²) in [4.78, 5) is 14.2. The van der Waals surface area contributed by atoms with E-state index in [1.165, 1.54) is 4.68 Å². The summed E-state index contributed by atoms with van der Waals surface area (Å²) in [7, 11) is 1.67. The highest BCUT2D eigenvalue weighted by Crippen LogP contribution is 2.28. The fourth-order valence-electron chi connectivity index (χ4n) is 2.41. The predicted molar refractivity (Wildman–Crippen MR) is 77.8 cm³/mol. The lowest BCUT2D eigenvalue weighted by Gasteiger charge is -2.24. The van der Waals surface area contributed by atoms with E-state index in [1.807, 2.05) is 4.90 Å². The first kappa shape index (κ1) is 14.3. The van der Waals surface area contributed by atoms with Crippen LogP contribution in [-0.4, -0.2) is 61.2 Å². The normalized spacial score (nSPS) is 21.3. The highest BCUT2D eigenvalue weighted by Gasteiger charge is 2.35. The SMILES string of the molecule is Cn1nnnc1OC(=S)N(CC(=O)[C@@H]1CCCN1)C1CC1. The third-order valence-corrected chi connectivity index (χ3v) is 4.08. The average Bonchev–Trinajstić information content (AvgIpc) is 2.98. The molecule has 9 heteroatoms. The summed E-state index contributed by atoms with van der Waals surface area (Å²) in [6.07, 6.45) is 4.02. The predicted octanol–water partition coefficient (Wildman–Crippen LogP) is -0.341. The topological polar surface area (TPSA) is 85.2 Å². The quantitative estimate of drug-likeness (QED) is 0.739. The summed E-state index contributed by atoms with van der Waals surface area (Å²) in [6, 6.07) is 0.478. The number of carbonyl (C=O) groups excluding carboxylic acids is 1. The molecule has 1 saturated carbocycles. The van der Waals surface area contributed by atoms with Crippen molar-refractivity contribution in [3.8, 4) is 6.01 Å². The third kappa shape index (κ3) is 3.35. The molecule has 0 unspecified atom stereocenters. The Kier molecular flexibility index (Phi) is 4.11. The van der Waals surface area contributed by atoms with Gasteiger partial charge in [0.15, 0.2) is 5.78 Å². The standard InChI is InChI=1S/C12H18N6O2S/c1-17-11(14-15-16-17)20-12(21)18(8-4-5-8)7-10(19)9-3-2-6-13-9/h8-9,13H,2-7H2,1H3/t9-/m0/s1. The number of aryl methyl sites for hydroxylation is 1. The van der Waals surface area contributed by atoms with E-state index in [0.717, 1.165) is 32.2 Å². The van der Waals surface area contributed by atoms with E-state index >= 15 is 0 Å². The number of nitrogens with zero attached hydrogens (tertiary/aromatic N) is 5. The summed E-state index contributed by atoms with van der Waals surface area (Å²) in [5.74, 6) is 0.168. The molecule has 2 fully saturated rings. The molecule has 0 bridgehead atoms. The van der Waals surface area contributed by atoms with E-state index in [1.54, 1.807) is 7.05 Å². The van der Waals surface area contributed by atoms with Crippen LogP contribution in [-0.2, 0) is 11.8 Å². The zero-order chi connectivity index (χ0) is 14.8. The Hall–Kier alpha value is -1.61. The minimum Gasteiger partial charge on any atom is -0.396 e. The van der Waals surface area contributed by atoms with Crippen molar-refractivity contribution in [1.29, 1.82) is 0 Å². The Morgan fingerprint density at radius 3 is 2.90 bits per heavy atom. The number of hydrogen-bond acceptors (Lipinski definition) is 7. The zero-order valence-corrected chi connectivity index (χ0v) is 12.7. The van der Waals surface area contributed by atoms with E-state index in [9.17, 15) is 4.79 Å². The van der Waals surface area contributed by atoms with Crippen molar-refractivity contribution >= 4 is 23.2 Å². The molecule has 1 aromatic heterocycles. The second-order valence-corrected chi connectivity index (χ2v) is 5.78. The van der Waals surface area contributed by atoms with Gasteiger partial charge in [-0.15, -0.1) is 0 Å². The van der Waals surface area contributed by atoms with Crippen molar-refractivity contribution in [3.05, 3.63) is 0 Å². The highest BCUT2D eigenvalue weighted by atomic mass is 32.1. The molecule has 1 aliphatic carbocycles. The van der Waals surface area contributed by atoms with Gasteiger partial charge in [0.25, 0.3) is 5.17 Å². The van der Waals surface area contributed by atoms with Gasteiger partial charge >= 0.3 is 6.01 Å². The lowest BCUT2D eigenvalue weighted by Crippen LogP contribution is -2.44. The first-order valence-electron chi connectivity index (χ1n) is 7.12. The van der Waals surface area contributed by atoms with Crippen molar-refractivity contribution in [2.24, 2.45) is 7.05 Å². The van der Waals surface area contributed by atoms with Gasteiger partial charge in [-0.05, 0) is 54.9 Å². The number of nitrogens with one attached hydrogen (secondary N) is 1. The molecule has 21 heavy (non-hydrogen) atoms. The smallest absolute Gasteiger partial charge is 0.342 e. The summed E-state index contributed by atoms with van der Waals surface area (Å²) in [6.45, 7) is 1.19. The average molecular weight is 310 g/mol. The molecule has 8 nitrogen and oxygen atoms in total. The van der Waals surface area contributed by atoms with E-state index in [2.05, 4.69) is 20.8 Å². The summed E-state index contributed by atoms with van der Waals surface area (Å²) in [5.41, 5.74) is 0. The van der Waals surface area contributed by atoms with Crippen LogP contribution in [0.25, 0.3) is 0 Å². The van der Waals surface area contributed by atoms with E-state index < -0.39 is 0 Å². The second kappa shape index (κ2) is 6.02. The Morgan fingerprint density at radius 1 is 1.52 bits per heavy atom. The maximum atomic E-state index is 12.3. The number of aromatic nitrogens is 4. The van der Waals surface area contributed by atoms with Crippen molar-refractivity contribution in [1.82, 2.24) is 30.4 Å². The number of ether oxygens (including phenoxy) is 1. The number of Topliss-reactive ketones (excluding diaryl/α,β-unsaturated/α-hetero) is 1. The number of ketones is 1.